The van der Waals surface area contributed by atoms with E-state index in [9.17, 15) is 28.7 Å². The number of carbonyl (C=O) groups excluding carboxylic acids is 3. The summed E-state index contributed by atoms with van der Waals surface area (Å²) in [5.74, 6) is -3.19. The van der Waals surface area contributed by atoms with Gasteiger partial charge in [0.25, 0.3) is 5.91 Å². The second kappa shape index (κ2) is 7.21. The van der Waals surface area contributed by atoms with E-state index in [1.54, 1.807) is 0 Å². The number of likely N-dealkylation sites (tertiary alicyclic amines) is 1. The largest absolute Gasteiger partial charge is 0.481 e. The first-order valence-corrected chi connectivity index (χ1v) is 9.06. The van der Waals surface area contributed by atoms with Gasteiger partial charge in [-0.1, -0.05) is 12.1 Å². The number of imide groups is 1. The second-order valence-electron chi connectivity index (χ2n) is 7.46. The smallest absolute Gasteiger partial charge is 0.325 e. The summed E-state index contributed by atoms with van der Waals surface area (Å²) in [4.78, 5) is 51.5. The molecule has 0 aromatic heterocycles. The van der Waals surface area contributed by atoms with Crippen LogP contribution in [0.1, 0.15) is 32.3 Å². The average Bonchev–Trinajstić information content (AvgIpc) is 2.86. The van der Waals surface area contributed by atoms with Crippen LogP contribution in [-0.2, 0) is 19.9 Å². The van der Waals surface area contributed by atoms with Gasteiger partial charge in [-0.15, -0.1) is 0 Å². The van der Waals surface area contributed by atoms with E-state index in [0.717, 1.165) is 4.90 Å². The van der Waals surface area contributed by atoms with E-state index in [1.165, 1.54) is 36.1 Å². The number of amides is 4. The van der Waals surface area contributed by atoms with Gasteiger partial charge in [-0.3, -0.25) is 19.3 Å². The van der Waals surface area contributed by atoms with Gasteiger partial charge in [0.15, 0.2) is 0 Å². The molecule has 1 aromatic carbocycles. The fourth-order valence-electron chi connectivity index (χ4n) is 3.70. The molecule has 2 aliphatic rings. The molecule has 28 heavy (non-hydrogen) atoms. The lowest BCUT2D eigenvalue weighted by atomic mass is 9.92. The van der Waals surface area contributed by atoms with Crippen molar-refractivity contribution in [3.8, 4) is 0 Å². The Morgan fingerprint density at radius 2 is 1.89 bits per heavy atom. The number of benzene rings is 1. The van der Waals surface area contributed by atoms with Gasteiger partial charge in [-0.05, 0) is 44.4 Å². The highest BCUT2D eigenvalue weighted by molar-refractivity contribution is 6.09. The fraction of sp³-hybridized carbons (Fsp3) is 0.474. The summed E-state index contributed by atoms with van der Waals surface area (Å²) in [6.07, 6.45) is 1.02. The highest BCUT2D eigenvalue weighted by Gasteiger charge is 2.50. The maximum absolute atomic E-state index is 13.2. The third-order valence-electron chi connectivity index (χ3n) is 5.54. The van der Waals surface area contributed by atoms with E-state index in [2.05, 4.69) is 5.32 Å². The number of halogens is 1. The van der Waals surface area contributed by atoms with Gasteiger partial charge in [0, 0.05) is 12.6 Å². The van der Waals surface area contributed by atoms with Gasteiger partial charge in [0.1, 0.15) is 17.9 Å². The summed E-state index contributed by atoms with van der Waals surface area (Å²) in [5, 5.41) is 11.8. The minimum absolute atomic E-state index is 0.0498. The topological polar surface area (TPSA) is 107 Å². The Balaban J connectivity index is 1.76. The molecule has 9 heteroatoms. The minimum Gasteiger partial charge on any atom is -0.481 e. The molecule has 0 aliphatic carbocycles. The highest BCUT2D eigenvalue weighted by Crippen LogP contribution is 2.29. The first-order valence-electron chi connectivity index (χ1n) is 9.06. The minimum atomic E-state index is -1.40. The fourth-order valence-corrected chi connectivity index (χ4v) is 3.70. The van der Waals surface area contributed by atoms with Crippen molar-refractivity contribution in [2.45, 2.75) is 38.3 Å². The van der Waals surface area contributed by atoms with Crippen LogP contribution in [0.2, 0.25) is 0 Å². The van der Waals surface area contributed by atoms with E-state index in [0.29, 0.717) is 18.4 Å². The Morgan fingerprint density at radius 1 is 1.25 bits per heavy atom. The molecule has 2 heterocycles. The molecular formula is C19H22FN3O5. The molecule has 3 unspecified atom stereocenters. The van der Waals surface area contributed by atoms with Crippen molar-refractivity contribution >= 4 is 23.8 Å². The van der Waals surface area contributed by atoms with Crippen LogP contribution < -0.4 is 5.32 Å². The zero-order valence-electron chi connectivity index (χ0n) is 15.6. The monoisotopic (exact) mass is 391 g/mol. The summed E-state index contributed by atoms with van der Waals surface area (Å²) in [6.45, 7) is 2.88. The van der Waals surface area contributed by atoms with Crippen LogP contribution in [0.5, 0.6) is 0 Å². The molecule has 2 fully saturated rings. The van der Waals surface area contributed by atoms with E-state index >= 15 is 0 Å². The molecule has 2 N–H and O–H groups in total. The standard InChI is InChI=1S/C19H22FN3O5/c1-11-3-4-12(16(25)26)9-22(11)15(24)10-23-17(27)19(2,21-18(23)28)13-5-7-14(20)8-6-13/h5-8,11-12H,3-4,9-10H2,1-2H3,(H,21,28)(H,25,26). The van der Waals surface area contributed by atoms with Crippen LogP contribution >= 0.6 is 0 Å². The summed E-state index contributed by atoms with van der Waals surface area (Å²) < 4.78 is 13.2. The predicted molar refractivity (Wildman–Crippen MR) is 95.5 cm³/mol. The van der Waals surface area contributed by atoms with Gasteiger partial charge in [-0.2, -0.15) is 0 Å². The van der Waals surface area contributed by atoms with Crippen LogP contribution in [0, 0.1) is 11.7 Å². The number of carboxylic acids is 1. The van der Waals surface area contributed by atoms with Crippen molar-refractivity contribution in [2.24, 2.45) is 5.92 Å². The Labute approximate surface area is 161 Å². The predicted octanol–water partition coefficient (Wildman–Crippen LogP) is 1.30. The SMILES string of the molecule is CC1CCC(C(=O)O)CN1C(=O)CN1C(=O)NC(C)(c2ccc(F)cc2)C1=O. The highest BCUT2D eigenvalue weighted by atomic mass is 19.1. The molecule has 8 nitrogen and oxygen atoms in total. The van der Waals surface area contributed by atoms with Crippen molar-refractivity contribution in [1.29, 1.82) is 0 Å². The Hall–Kier alpha value is -2.97. The van der Waals surface area contributed by atoms with Crippen LogP contribution in [0.4, 0.5) is 9.18 Å². The van der Waals surface area contributed by atoms with Crippen LogP contribution in [0.3, 0.4) is 0 Å². The van der Waals surface area contributed by atoms with Gasteiger partial charge >= 0.3 is 12.0 Å². The lowest BCUT2D eigenvalue weighted by molar-refractivity contribution is -0.148. The summed E-state index contributed by atoms with van der Waals surface area (Å²) in [5.41, 5.74) is -0.998. The molecule has 1 aromatic rings. The number of hydrogen-bond donors (Lipinski definition) is 2. The normalized spacial score (nSPS) is 27.7. The Bertz CT molecular complexity index is 827. The molecule has 0 bridgehead atoms. The van der Waals surface area contributed by atoms with E-state index in [-0.39, 0.29) is 12.6 Å². The van der Waals surface area contributed by atoms with Gasteiger partial charge < -0.3 is 15.3 Å². The number of carbonyl (C=O) groups is 4. The molecule has 3 rings (SSSR count). The van der Waals surface area contributed by atoms with E-state index < -0.39 is 47.6 Å². The molecule has 2 saturated heterocycles. The molecule has 0 radical (unpaired) electrons. The molecular weight excluding hydrogens is 369 g/mol. The van der Waals surface area contributed by atoms with Crippen molar-refractivity contribution in [1.82, 2.24) is 15.1 Å². The maximum atomic E-state index is 13.2. The number of rotatable bonds is 4. The van der Waals surface area contributed by atoms with Crippen LogP contribution in [-0.4, -0.2) is 57.9 Å². The van der Waals surface area contributed by atoms with Gasteiger partial charge in [-0.25, -0.2) is 9.18 Å². The molecule has 0 saturated carbocycles. The molecule has 3 atom stereocenters. The lowest BCUT2D eigenvalue weighted by Crippen LogP contribution is -2.51. The van der Waals surface area contributed by atoms with E-state index in [1.807, 2.05) is 6.92 Å². The lowest BCUT2D eigenvalue weighted by Gasteiger charge is -2.37. The summed E-state index contributed by atoms with van der Waals surface area (Å²) in [7, 11) is 0. The number of urea groups is 1. The van der Waals surface area contributed by atoms with Crippen molar-refractivity contribution in [3.05, 3.63) is 35.6 Å². The second-order valence-corrected chi connectivity index (χ2v) is 7.46. The third kappa shape index (κ3) is 3.44. The first-order chi connectivity index (χ1) is 13.1. The Morgan fingerprint density at radius 3 is 2.50 bits per heavy atom. The number of aliphatic carboxylic acids is 1. The van der Waals surface area contributed by atoms with Gasteiger partial charge in [0.2, 0.25) is 5.91 Å². The molecule has 4 amide bonds. The van der Waals surface area contributed by atoms with Crippen molar-refractivity contribution < 1.29 is 28.7 Å². The third-order valence-corrected chi connectivity index (χ3v) is 5.54. The molecule has 0 spiro atoms. The van der Waals surface area contributed by atoms with Crippen molar-refractivity contribution in [3.63, 3.8) is 0 Å². The Kier molecular flexibility index (Phi) is 5.10. The van der Waals surface area contributed by atoms with E-state index in [4.69, 9.17) is 0 Å². The van der Waals surface area contributed by atoms with Gasteiger partial charge in [0.05, 0.1) is 5.92 Å². The number of nitrogens with one attached hydrogen (secondary N) is 1. The molecule has 150 valence electrons. The van der Waals surface area contributed by atoms with Crippen LogP contribution in [0.25, 0.3) is 0 Å². The maximum Gasteiger partial charge on any atom is 0.325 e. The average molecular weight is 391 g/mol. The van der Waals surface area contributed by atoms with Crippen LogP contribution in [0.15, 0.2) is 24.3 Å². The quantitative estimate of drug-likeness (QED) is 0.753. The number of piperidine rings is 1. The zero-order chi connectivity index (χ0) is 20.6. The molecule has 2 aliphatic heterocycles. The number of hydrogen-bond acceptors (Lipinski definition) is 4. The number of carboxylic acid groups (broad SMARTS) is 1. The summed E-state index contributed by atoms with van der Waals surface area (Å²) in [6, 6.07) is 4.30. The number of nitrogens with zero attached hydrogens (tertiary/aromatic N) is 2. The van der Waals surface area contributed by atoms with Crippen molar-refractivity contribution in [2.75, 3.05) is 13.1 Å². The zero-order valence-corrected chi connectivity index (χ0v) is 15.6. The summed E-state index contributed by atoms with van der Waals surface area (Å²) >= 11 is 0. The first kappa shape index (κ1) is 19.8.